The van der Waals surface area contributed by atoms with Gasteiger partial charge in [0.15, 0.2) is 0 Å². The lowest BCUT2D eigenvalue weighted by Gasteiger charge is -2.04. The van der Waals surface area contributed by atoms with Gasteiger partial charge >= 0.3 is 0 Å². The maximum atomic E-state index is 4.41. The second-order valence-electron chi connectivity index (χ2n) is 3.10. The minimum Gasteiger partial charge on any atom is -0.307 e. The molecule has 0 unspecified atom stereocenters. The van der Waals surface area contributed by atoms with E-state index in [0.717, 1.165) is 25.3 Å². The highest BCUT2D eigenvalue weighted by atomic mass is 15.0. The van der Waals surface area contributed by atoms with Gasteiger partial charge < -0.3 is 5.32 Å². The number of rotatable bonds is 1. The van der Waals surface area contributed by atoms with Crippen molar-refractivity contribution in [2.75, 3.05) is 0 Å². The molecule has 1 aliphatic heterocycles. The van der Waals surface area contributed by atoms with Crippen molar-refractivity contribution in [3.8, 4) is 0 Å². The average Bonchev–Trinajstić information content (AvgIpc) is 2.50. The predicted molar refractivity (Wildman–Crippen MR) is 46.7 cm³/mol. The maximum Gasteiger partial charge on any atom is 0.125 e. The van der Waals surface area contributed by atoms with E-state index in [9.17, 15) is 0 Å². The third-order valence-electron chi connectivity index (χ3n) is 2.22. The van der Waals surface area contributed by atoms with Crippen LogP contribution in [0.15, 0.2) is 0 Å². The van der Waals surface area contributed by atoms with E-state index in [1.807, 2.05) is 6.92 Å². The smallest absolute Gasteiger partial charge is 0.125 e. The quantitative estimate of drug-likeness (QED) is 0.669. The molecule has 0 bridgehead atoms. The number of fused-ring (bicyclic) bond motifs is 1. The molecule has 0 aromatic carbocycles. The van der Waals surface area contributed by atoms with Crippen molar-refractivity contribution in [2.24, 2.45) is 0 Å². The van der Waals surface area contributed by atoms with Crippen LogP contribution in [0.2, 0.25) is 0 Å². The minimum absolute atomic E-state index is 0.898. The van der Waals surface area contributed by atoms with Crippen LogP contribution in [0.25, 0.3) is 0 Å². The largest absolute Gasteiger partial charge is 0.307 e. The van der Waals surface area contributed by atoms with Gasteiger partial charge in [-0.3, -0.25) is 0 Å². The predicted octanol–water partition coefficient (Wildman–Crippen LogP) is 0.951. The number of aromatic nitrogens is 2. The Morgan fingerprint density at radius 2 is 2.17 bits per heavy atom. The molecule has 0 atom stereocenters. The van der Waals surface area contributed by atoms with Gasteiger partial charge in [-0.1, -0.05) is 6.92 Å². The summed E-state index contributed by atoms with van der Waals surface area (Å²) in [5, 5.41) is 3.29. The van der Waals surface area contributed by atoms with E-state index in [0.29, 0.717) is 0 Å². The van der Waals surface area contributed by atoms with E-state index in [2.05, 4.69) is 22.2 Å². The summed E-state index contributed by atoms with van der Waals surface area (Å²) >= 11 is 0. The molecule has 0 radical (unpaired) electrons. The Morgan fingerprint density at radius 3 is 2.92 bits per heavy atom. The Hall–Kier alpha value is -0.960. The van der Waals surface area contributed by atoms with Crippen molar-refractivity contribution < 1.29 is 0 Å². The zero-order valence-corrected chi connectivity index (χ0v) is 7.52. The molecule has 0 saturated carbocycles. The molecule has 1 aromatic rings. The Labute approximate surface area is 72.2 Å². The molecule has 0 saturated heterocycles. The molecule has 2 rings (SSSR count). The van der Waals surface area contributed by atoms with Crippen molar-refractivity contribution in [3.05, 3.63) is 22.8 Å². The van der Waals surface area contributed by atoms with Gasteiger partial charge in [0.05, 0.1) is 5.69 Å². The Bertz CT molecular complexity index is 307. The fourth-order valence-electron chi connectivity index (χ4n) is 1.67. The summed E-state index contributed by atoms with van der Waals surface area (Å²) in [4.78, 5) is 8.80. The lowest BCUT2D eigenvalue weighted by Crippen LogP contribution is -2.02. The van der Waals surface area contributed by atoms with Crippen LogP contribution in [-0.2, 0) is 19.5 Å². The molecule has 3 heteroatoms. The van der Waals surface area contributed by atoms with E-state index in [1.54, 1.807) is 0 Å². The molecule has 1 aromatic heterocycles. The molecule has 64 valence electrons. The Morgan fingerprint density at radius 1 is 1.33 bits per heavy atom. The molecule has 1 aliphatic rings. The molecule has 0 aliphatic carbocycles. The fraction of sp³-hybridized carbons (Fsp3) is 0.556. The topological polar surface area (TPSA) is 37.8 Å². The molecular formula is C9H13N3. The van der Waals surface area contributed by atoms with Gasteiger partial charge in [0.1, 0.15) is 5.82 Å². The van der Waals surface area contributed by atoms with Crippen molar-refractivity contribution in [1.82, 2.24) is 15.3 Å². The van der Waals surface area contributed by atoms with E-state index in [-0.39, 0.29) is 0 Å². The zero-order chi connectivity index (χ0) is 8.55. The Kier molecular flexibility index (Phi) is 1.81. The number of hydrogen-bond donors (Lipinski definition) is 1. The van der Waals surface area contributed by atoms with Crippen LogP contribution >= 0.6 is 0 Å². The van der Waals surface area contributed by atoms with Crippen LogP contribution in [0.3, 0.4) is 0 Å². The fourth-order valence-corrected chi connectivity index (χ4v) is 1.67. The van der Waals surface area contributed by atoms with Crippen molar-refractivity contribution >= 4 is 0 Å². The van der Waals surface area contributed by atoms with E-state index in [4.69, 9.17) is 0 Å². The van der Waals surface area contributed by atoms with Gasteiger partial charge in [0.2, 0.25) is 0 Å². The average molecular weight is 163 g/mol. The van der Waals surface area contributed by atoms with Crippen LogP contribution in [0.1, 0.15) is 29.7 Å². The molecule has 3 nitrogen and oxygen atoms in total. The standard InChI is InChI=1S/C9H13N3/c1-3-8-7-4-10-5-9(7)12-6(2)11-8/h10H,3-5H2,1-2H3. The van der Waals surface area contributed by atoms with E-state index >= 15 is 0 Å². The molecule has 1 N–H and O–H groups in total. The van der Waals surface area contributed by atoms with Gasteiger partial charge in [-0.15, -0.1) is 0 Å². The summed E-state index contributed by atoms with van der Waals surface area (Å²) in [7, 11) is 0. The summed E-state index contributed by atoms with van der Waals surface area (Å²) in [5.74, 6) is 0.898. The highest BCUT2D eigenvalue weighted by molar-refractivity contribution is 5.29. The SMILES string of the molecule is CCc1nc(C)nc2c1CNC2. The van der Waals surface area contributed by atoms with Crippen molar-refractivity contribution in [3.63, 3.8) is 0 Å². The van der Waals surface area contributed by atoms with Crippen LogP contribution in [0, 0.1) is 6.92 Å². The van der Waals surface area contributed by atoms with Gasteiger partial charge in [0.25, 0.3) is 0 Å². The zero-order valence-electron chi connectivity index (χ0n) is 7.52. The molecule has 2 heterocycles. The number of nitrogens with zero attached hydrogens (tertiary/aromatic N) is 2. The first-order chi connectivity index (χ1) is 5.81. The lowest BCUT2D eigenvalue weighted by molar-refractivity contribution is 0.755. The lowest BCUT2D eigenvalue weighted by atomic mass is 10.1. The number of aryl methyl sites for hydroxylation is 2. The van der Waals surface area contributed by atoms with E-state index in [1.165, 1.54) is 17.0 Å². The van der Waals surface area contributed by atoms with Gasteiger partial charge in [-0.05, 0) is 13.3 Å². The highest BCUT2D eigenvalue weighted by Gasteiger charge is 2.16. The van der Waals surface area contributed by atoms with Crippen LogP contribution < -0.4 is 5.32 Å². The Balaban J connectivity index is 2.55. The third-order valence-corrected chi connectivity index (χ3v) is 2.22. The second kappa shape index (κ2) is 2.83. The highest BCUT2D eigenvalue weighted by Crippen LogP contribution is 2.16. The normalized spacial score (nSPS) is 14.8. The first-order valence-corrected chi connectivity index (χ1v) is 4.37. The minimum atomic E-state index is 0.898. The van der Waals surface area contributed by atoms with Gasteiger partial charge in [-0.25, -0.2) is 9.97 Å². The molecule has 0 fully saturated rings. The monoisotopic (exact) mass is 163 g/mol. The van der Waals surface area contributed by atoms with Crippen molar-refractivity contribution in [1.29, 1.82) is 0 Å². The van der Waals surface area contributed by atoms with Crippen LogP contribution in [0.5, 0.6) is 0 Å². The van der Waals surface area contributed by atoms with Crippen LogP contribution in [0.4, 0.5) is 0 Å². The summed E-state index contributed by atoms with van der Waals surface area (Å²) in [6.07, 6.45) is 1.01. The van der Waals surface area contributed by atoms with Crippen LogP contribution in [-0.4, -0.2) is 9.97 Å². The molecular weight excluding hydrogens is 150 g/mol. The maximum absolute atomic E-state index is 4.41. The number of hydrogen-bond acceptors (Lipinski definition) is 3. The van der Waals surface area contributed by atoms with Gasteiger partial charge in [0, 0.05) is 24.3 Å². The number of nitrogens with one attached hydrogen (secondary N) is 1. The summed E-state index contributed by atoms with van der Waals surface area (Å²) in [6, 6.07) is 0. The summed E-state index contributed by atoms with van der Waals surface area (Å²) in [5.41, 5.74) is 3.73. The summed E-state index contributed by atoms with van der Waals surface area (Å²) < 4.78 is 0. The first kappa shape index (κ1) is 7.68. The first-order valence-electron chi connectivity index (χ1n) is 4.37. The van der Waals surface area contributed by atoms with E-state index < -0.39 is 0 Å². The second-order valence-corrected chi connectivity index (χ2v) is 3.10. The third kappa shape index (κ3) is 1.10. The van der Waals surface area contributed by atoms with Gasteiger partial charge in [-0.2, -0.15) is 0 Å². The summed E-state index contributed by atoms with van der Waals surface area (Å²) in [6.45, 7) is 5.95. The van der Waals surface area contributed by atoms with Crippen molar-refractivity contribution in [2.45, 2.75) is 33.4 Å². The molecule has 0 amide bonds. The molecule has 12 heavy (non-hydrogen) atoms. The molecule has 0 spiro atoms.